The number of carbonyl (C=O) groups is 1. The average Bonchev–Trinajstić information content (AvgIpc) is 3.02. The van der Waals surface area contributed by atoms with Crippen molar-refractivity contribution in [1.82, 2.24) is 0 Å². The lowest BCUT2D eigenvalue weighted by atomic mass is 9.60. The summed E-state index contributed by atoms with van der Waals surface area (Å²) in [6, 6.07) is 19.0. The first-order valence-corrected chi connectivity index (χ1v) is 9.38. The molecule has 2 aromatic carbocycles. The third kappa shape index (κ3) is 2.13. The summed E-state index contributed by atoms with van der Waals surface area (Å²) in [5, 5.41) is 0. The molecule has 0 saturated heterocycles. The molecule has 0 radical (unpaired) electrons. The number of fused-ring (bicyclic) bond motifs is 2. The summed E-state index contributed by atoms with van der Waals surface area (Å²) in [5.74, 6) is 0.986. The Morgan fingerprint density at radius 3 is 2.40 bits per heavy atom. The highest BCUT2D eigenvalue weighted by Crippen LogP contribution is 2.58. The van der Waals surface area contributed by atoms with Crippen molar-refractivity contribution in [2.75, 3.05) is 0 Å². The van der Waals surface area contributed by atoms with E-state index in [1.807, 2.05) is 6.07 Å². The second-order valence-corrected chi connectivity index (χ2v) is 7.64. The highest BCUT2D eigenvalue weighted by atomic mass is 16.5. The molecule has 1 fully saturated rings. The molecule has 0 aromatic heterocycles. The van der Waals surface area contributed by atoms with Gasteiger partial charge in [0.1, 0.15) is 5.76 Å². The fraction of sp³-hybridized carbons (Fsp3) is 0.348. The van der Waals surface area contributed by atoms with Crippen LogP contribution < -0.4 is 0 Å². The third-order valence-electron chi connectivity index (χ3n) is 6.32. The Hall–Kier alpha value is -2.35. The molecule has 25 heavy (non-hydrogen) atoms. The molecule has 2 nitrogen and oxygen atoms in total. The van der Waals surface area contributed by atoms with Crippen LogP contribution in [0, 0.1) is 5.41 Å². The van der Waals surface area contributed by atoms with Gasteiger partial charge >= 0.3 is 5.97 Å². The van der Waals surface area contributed by atoms with E-state index in [0.717, 1.165) is 43.4 Å². The van der Waals surface area contributed by atoms with Crippen LogP contribution in [0.5, 0.6) is 0 Å². The highest BCUT2D eigenvalue weighted by molar-refractivity contribution is 5.91. The van der Waals surface area contributed by atoms with E-state index in [1.165, 1.54) is 23.1 Å². The Labute approximate surface area is 148 Å². The lowest BCUT2D eigenvalue weighted by molar-refractivity contribution is -0.153. The van der Waals surface area contributed by atoms with Gasteiger partial charge < -0.3 is 4.74 Å². The zero-order valence-electron chi connectivity index (χ0n) is 14.3. The van der Waals surface area contributed by atoms with E-state index < -0.39 is 0 Å². The van der Waals surface area contributed by atoms with Crippen molar-refractivity contribution >= 4 is 11.7 Å². The Balaban J connectivity index is 1.71. The van der Waals surface area contributed by atoms with Crippen LogP contribution in [0.15, 0.2) is 60.2 Å². The van der Waals surface area contributed by atoms with Gasteiger partial charge in [0.2, 0.25) is 0 Å². The van der Waals surface area contributed by atoms with E-state index in [4.69, 9.17) is 4.74 Å². The second-order valence-electron chi connectivity index (χ2n) is 7.64. The molecule has 5 rings (SSSR count). The number of allylic oxidation sites excluding steroid dienone is 1. The molecule has 0 amide bonds. The van der Waals surface area contributed by atoms with Crippen molar-refractivity contribution < 1.29 is 9.53 Å². The minimum Gasteiger partial charge on any atom is -0.425 e. The van der Waals surface area contributed by atoms with E-state index in [-0.39, 0.29) is 17.3 Å². The van der Waals surface area contributed by atoms with Gasteiger partial charge in [-0.3, -0.25) is 4.79 Å². The van der Waals surface area contributed by atoms with Crippen LogP contribution in [0.4, 0.5) is 0 Å². The van der Waals surface area contributed by atoms with Crippen LogP contribution in [-0.4, -0.2) is 5.97 Å². The first-order chi connectivity index (χ1) is 12.3. The minimum absolute atomic E-state index is 0.00324. The Kier molecular flexibility index (Phi) is 3.34. The number of hydrogen-bond donors (Lipinski definition) is 0. The number of rotatable bonds is 1. The molecule has 1 atom stereocenters. The summed E-state index contributed by atoms with van der Waals surface area (Å²) in [5.41, 5.74) is 4.60. The largest absolute Gasteiger partial charge is 0.425 e. The minimum atomic E-state index is -0.375. The van der Waals surface area contributed by atoms with Crippen molar-refractivity contribution in [3.8, 4) is 0 Å². The number of hydrogen-bond acceptors (Lipinski definition) is 2. The molecule has 1 heterocycles. The standard InChI is InChI=1S/C23H22O2/c24-22-23(13-7-2-8-14-23)20(16-9-3-1-4-10-16)19-15-17-11-5-6-12-18(17)21(19)25-22/h1,3-6,9-12,20H,2,7-8,13-15H2. The van der Waals surface area contributed by atoms with Gasteiger partial charge in [-0.15, -0.1) is 0 Å². The van der Waals surface area contributed by atoms with Crippen LogP contribution in [0.1, 0.15) is 54.7 Å². The van der Waals surface area contributed by atoms with Gasteiger partial charge in [0, 0.05) is 11.5 Å². The van der Waals surface area contributed by atoms with E-state index in [0.29, 0.717) is 0 Å². The maximum atomic E-state index is 13.3. The first-order valence-electron chi connectivity index (χ1n) is 9.38. The fourth-order valence-electron chi connectivity index (χ4n) is 5.19. The quantitative estimate of drug-likeness (QED) is 0.668. The molecule has 2 aliphatic carbocycles. The SMILES string of the molecule is O=C1OC2=C(Cc3ccccc32)C(c2ccccc2)C12CCCCC2. The van der Waals surface area contributed by atoms with Gasteiger partial charge in [0.05, 0.1) is 5.41 Å². The maximum Gasteiger partial charge on any atom is 0.318 e. The van der Waals surface area contributed by atoms with Crippen LogP contribution in [-0.2, 0) is 16.0 Å². The highest BCUT2D eigenvalue weighted by Gasteiger charge is 2.54. The van der Waals surface area contributed by atoms with Gasteiger partial charge in [-0.2, -0.15) is 0 Å². The zero-order chi connectivity index (χ0) is 16.9. The summed E-state index contributed by atoms with van der Waals surface area (Å²) < 4.78 is 6.02. The van der Waals surface area contributed by atoms with Crippen molar-refractivity contribution in [2.45, 2.75) is 44.4 Å². The Morgan fingerprint density at radius 2 is 1.60 bits per heavy atom. The Morgan fingerprint density at radius 1 is 0.880 bits per heavy atom. The lowest BCUT2D eigenvalue weighted by Gasteiger charge is -2.45. The summed E-state index contributed by atoms with van der Waals surface area (Å²) in [7, 11) is 0. The summed E-state index contributed by atoms with van der Waals surface area (Å²) in [6.45, 7) is 0. The molecule has 0 N–H and O–H groups in total. The van der Waals surface area contributed by atoms with Crippen LogP contribution in [0.25, 0.3) is 5.76 Å². The maximum absolute atomic E-state index is 13.3. The smallest absolute Gasteiger partial charge is 0.318 e. The van der Waals surface area contributed by atoms with Gasteiger partial charge in [0.25, 0.3) is 0 Å². The normalized spacial score (nSPS) is 24.0. The van der Waals surface area contributed by atoms with Gasteiger partial charge in [0.15, 0.2) is 0 Å². The molecule has 126 valence electrons. The number of carbonyl (C=O) groups excluding carboxylic acids is 1. The van der Waals surface area contributed by atoms with E-state index >= 15 is 0 Å². The predicted octanol–water partition coefficient (Wildman–Crippen LogP) is 5.24. The number of esters is 1. The first kappa shape index (κ1) is 14.9. The summed E-state index contributed by atoms with van der Waals surface area (Å²) >= 11 is 0. The van der Waals surface area contributed by atoms with Crippen LogP contribution in [0.2, 0.25) is 0 Å². The summed E-state index contributed by atoms with van der Waals surface area (Å²) in [6.07, 6.45) is 6.25. The second kappa shape index (κ2) is 5.59. The molecule has 3 aliphatic rings. The number of ether oxygens (including phenoxy) is 1. The van der Waals surface area contributed by atoms with Crippen molar-refractivity contribution in [3.05, 3.63) is 76.9 Å². The molecule has 2 aromatic rings. The molecule has 1 saturated carbocycles. The monoisotopic (exact) mass is 330 g/mol. The molecule has 2 heteroatoms. The molecule has 0 bridgehead atoms. The van der Waals surface area contributed by atoms with Crippen molar-refractivity contribution in [2.24, 2.45) is 5.41 Å². The number of benzene rings is 2. The van der Waals surface area contributed by atoms with E-state index in [2.05, 4.69) is 48.5 Å². The predicted molar refractivity (Wildman–Crippen MR) is 97.9 cm³/mol. The molecule has 1 unspecified atom stereocenters. The molecular formula is C23H22O2. The van der Waals surface area contributed by atoms with E-state index in [1.54, 1.807) is 0 Å². The van der Waals surface area contributed by atoms with E-state index in [9.17, 15) is 4.79 Å². The third-order valence-corrected chi connectivity index (χ3v) is 6.32. The molecular weight excluding hydrogens is 308 g/mol. The molecule has 1 aliphatic heterocycles. The van der Waals surface area contributed by atoms with Gasteiger partial charge in [-0.1, -0.05) is 73.9 Å². The summed E-state index contributed by atoms with van der Waals surface area (Å²) in [4.78, 5) is 13.3. The van der Waals surface area contributed by atoms with Gasteiger partial charge in [-0.25, -0.2) is 0 Å². The van der Waals surface area contributed by atoms with Gasteiger partial charge in [-0.05, 0) is 36.0 Å². The van der Waals surface area contributed by atoms with Crippen molar-refractivity contribution in [3.63, 3.8) is 0 Å². The fourth-order valence-corrected chi connectivity index (χ4v) is 5.19. The average molecular weight is 330 g/mol. The topological polar surface area (TPSA) is 26.3 Å². The zero-order valence-corrected chi connectivity index (χ0v) is 14.3. The van der Waals surface area contributed by atoms with Crippen molar-refractivity contribution in [1.29, 1.82) is 0 Å². The van der Waals surface area contributed by atoms with Crippen LogP contribution >= 0.6 is 0 Å². The molecule has 1 spiro atoms. The Bertz CT molecular complexity index is 857. The lowest BCUT2D eigenvalue weighted by Crippen LogP contribution is -2.44. The van der Waals surface area contributed by atoms with Crippen LogP contribution in [0.3, 0.4) is 0 Å².